The second-order valence-electron chi connectivity index (χ2n) is 5.65. The average molecular weight is 262 g/mol. The molecular weight excluding hydrogens is 240 g/mol. The van der Waals surface area contributed by atoms with E-state index in [0.29, 0.717) is 13.2 Å². The van der Waals surface area contributed by atoms with E-state index >= 15 is 0 Å². The van der Waals surface area contributed by atoms with E-state index in [-0.39, 0.29) is 18.0 Å². The molecule has 4 nitrogen and oxygen atoms in total. The van der Waals surface area contributed by atoms with Crippen molar-refractivity contribution in [2.75, 3.05) is 13.2 Å². The Morgan fingerprint density at radius 3 is 2.89 bits per heavy atom. The van der Waals surface area contributed by atoms with E-state index in [2.05, 4.69) is 11.4 Å². The lowest BCUT2D eigenvalue weighted by Crippen LogP contribution is -2.50. The number of aryl methyl sites for hydroxylation is 1. The SMILES string of the molecule is Cc1cccc([C@H](C)NC(=O)C2(C)COCC2N)c1. The van der Waals surface area contributed by atoms with E-state index in [1.54, 1.807) is 0 Å². The zero-order valence-electron chi connectivity index (χ0n) is 11.8. The maximum atomic E-state index is 12.4. The largest absolute Gasteiger partial charge is 0.379 e. The molecule has 4 heteroatoms. The molecule has 1 aromatic carbocycles. The van der Waals surface area contributed by atoms with Crippen LogP contribution in [0, 0.1) is 12.3 Å². The number of hydrogen-bond donors (Lipinski definition) is 2. The summed E-state index contributed by atoms with van der Waals surface area (Å²) in [6.45, 7) is 6.73. The van der Waals surface area contributed by atoms with Crippen LogP contribution in [0.2, 0.25) is 0 Å². The molecule has 2 unspecified atom stereocenters. The van der Waals surface area contributed by atoms with Gasteiger partial charge in [0.2, 0.25) is 5.91 Å². The molecule has 19 heavy (non-hydrogen) atoms. The first-order valence-corrected chi connectivity index (χ1v) is 6.64. The highest BCUT2D eigenvalue weighted by atomic mass is 16.5. The first-order chi connectivity index (χ1) is 8.93. The molecule has 1 fully saturated rings. The third kappa shape index (κ3) is 2.80. The van der Waals surface area contributed by atoms with Crippen molar-refractivity contribution in [3.8, 4) is 0 Å². The van der Waals surface area contributed by atoms with Crippen molar-refractivity contribution < 1.29 is 9.53 Å². The van der Waals surface area contributed by atoms with Crippen molar-refractivity contribution in [1.29, 1.82) is 0 Å². The fourth-order valence-electron chi connectivity index (χ4n) is 2.31. The minimum atomic E-state index is -0.627. The Morgan fingerprint density at radius 2 is 2.32 bits per heavy atom. The summed E-state index contributed by atoms with van der Waals surface area (Å²) in [6.07, 6.45) is 0. The van der Waals surface area contributed by atoms with Crippen molar-refractivity contribution >= 4 is 5.91 Å². The number of benzene rings is 1. The molecule has 3 atom stereocenters. The molecule has 0 radical (unpaired) electrons. The number of nitrogens with two attached hydrogens (primary N) is 1. The highest BCUT2D eigenvalue weighted by Crippen LogP contribution is 2.28. The molecule has 1 amide bonds. The van der Waals surface area contributed by atoms with E-state index in [1.807, 2.05) is 39.0 Å². The molecule has 3 N–H and O–H groups in total. The Morgan fingerprint density at radius 1 is 1.58 bits per heavy atom. The molecule has 1 aliphatic rings. The molecule has 1 aliphatic heterocycles. The molecule has 0 bridgehead atoms. The van der Waals surface area contributed by atoms with Gasteiger partial charge in [0.15, 0.2) is 0 Å². The third-order valence-corrected chi connectivity index (χ3v) is 3.93. The van der Waals surface area contributed by atoms with Crippen molar-refractivity contribution in [1.82, 2.24) is 5.32 Å². The van der Waals surface area contributed by atoms with Crippen LogP contribution in [-0.2, 0) is 9.53 Å². The van der Waals surface area contributed by atoms with Gasteiger partial charge in [-0.25, -0.2) is 0 Å². The molecule has 0 aromatic heterocycles. The highest BCUT2D eigenvalue weighted by Gasteiger charge is 2.44. The summed E-state index contributed by atoms with van der Waals surface area (Å²) in [5.74, 6) is -0.0356. The van der Waals surface area contributed by atoms with Gasteiger partial charge >= 0.3 is 0 Å². The summed E-state index contributed by atoms with van der Waals surface area (Å²) >= 11 is 0. The lowest BCUT2D eigenvalue weighted by molar-refractivity contribution is -0.131. The van der Waals surface area contributed by atoms with Crippen molar-refractivity contribution in [3.05, 3.63) is 35.4 Å². The molecule has 104 valence electrons. The Labute approximate surface area is 114 Å². The van der Waals surface area contributed by atoms with E-state index in [4.69, 9.17) is 10.5 Å². The van der Waals surface area contributed by atoms with Gasteiger partial charge in [0.05, 0.1) is 24.7 Å². The number of carbonyl (C=O) groups is 1. The van der Waals surface area contributed by atoms with Gasteiger partial charge in [0, 0.05) is 6.04 Å². The van der Waals surface area contributed by atoms with E-state index < -0.39 is 5.41 Å². The van der Waals surface area contributed by atoms with Crippen LogP contribution < -0.4 is 11.1 Å². The molecule has 2 rings (SSSR count). The molecule has 1 aromatic rings. The summed E-state index contributed by atoms with van der Waals surface area (Å²) in [6, 6.07) is 7.87. The lowest BCUT2D eigenvalue weighted by atomic mass is 9.84. The summed E-state index contributed by atoms with van der Waals surface area (Å²) in [7, 11) is 0. The predicted molar refractivity (Wildman–Crippen MR) is 74.6 cm³/mol. The number of rotatable bonds is 3. The maximum Gasteiger partial charge on any atom is 0.230 e. The van der Waals surface area contributed by atoms with E-state index in [1.165, 1.54) is 5.56 Å². The molecule has 0 spiro atoms. The first-order valence-electron chi connectivity index (χ1n) is 6.64. The number of carbonyl (C=O) groups excluding carboxylic acids is 1. The fraction of sp³-hybridized carbons (Fsp3) is 0.533. The van der Waals surface area contributed by atoms with Gasteiger partial charge in [-0.15, -0.1) is 0 Å². The number of nitrogens with one attached hydrogen (secondary N) is 1. The first kappa shape index (κ1) is 14.0. The average Bonchev–Trinajstić information content (AvgIpc) is 2.71. The number of hydrogen-bond acceptors (Lipinski definition) is 3. The number of amides is 1. The third-order valence-electron chi connectivity index (χ3n) is 3.93. The van der Waals surface area contributed by atoms with E-state index in [9.17, 15) is 4.79 Å². The fourth-order valence-corrected chi connectivity index (χ4v) is 2.31. The zero-order chi connectivity index (χ0) is 14.0. The lowest BCUT2D eigenvalue weighted by Gasteiger charge is -2.27. The smallest absolute Gasteiger partial charge is 0.230 e. The van der Waals surface area contributed by atoms with Gasteiger partial charge in [-0.05, 0) is 26.3 Å². The predicted octanol–water partition coefficient (Wildman–Crippen LogP) is 1.54. The number of ether oxygens (including phenoxy) is 1. The minimum Gasteiger partial charge on any atom is -0.379 e. The van der Waals surface area contributed by atoms with Crippen LogP contribution >= 0.6 is 0 Å². The molecule has 0 saturated carbocycles. The Kier molecular flexibility index (Phi) is 3.92. The summed E-state index contributed by atoms with van der Waals surface area (Å²) in [5.41, 5.74) is 7.63. The second kappa shape index (κ2) is 5.31. The molecule has 0 aliphatic carbocycles. The van der Waals surface area contributed by atoms with Crippen LogP contribution in [0.25, 0.3) is 0 Å². The van der Waals surface area contributed by atoms with Gasteiger partial charge in [0.1, 0.15) is 0 Å². The van der Waals surface area contributed by atoms with Gasteiger partial charge < -0.3 is 15.8 Å². The van der Waals surface area contributed by atoms with Gasteiger partial charge in [-0.3, -0.25) is 4.79 Å². The van der Waals surface area contributed by atoms with Crippen LogP contribution in [0.3, 0.4) is 0 Å². The maximum absolute atomic E-state index is 12.4. The monoisotopic (exact) mass is 262 g/mol. The standard InChI is InChI=1S/C15H22N2O2/c1-10-5-4-6-12(7-10)11(2)17-14(18)15(3)9-19-8-13(15)16/h4-7,11,13H,8-9,16H2,1-3H3,(H,17,18)/t11-,13?,15?/m0/s1. The van der Waals surface area contributed by atoms with Gasteiger partial charge in [-0.1, -0.05) is 29.8 Å². The van der Waals surface area contributed by atoms with Crippen LogP contribution in [0.4, 0.5) is 0 Å². The van der Waals surface area contributed by atoms with Crippen LogP contribution in [0.1, 0.15) is 31.0 Å². The van der Waals surface area contributed by atoms with E-state index in [0.717, 1.165) is 5.56 Å². The van der Waals surface area contributed by atoms with Crippen molar-refractivity contribution in [2.24, 2.45) is 11.1 Å². The van der Waals surface area contributed by atoms with Crippen LogP contribution in [0.5, 0.6) is 0 Å². The quantitative estimate of drug-likeness (QED) is 0.868. The zero-order valence-corrected chi connectivity index (χ0v) is 11.8. The topological polar surface area (TPSA) is 64.3 Å². The summed E-state index contributed by atoms with van der Waals surface area (Å²) in [4.78, 5) is 12.4. The highest BCUT2D eigenvalue weighted by molar-refractivity contribution is 5.84. The Balaban J connectivity index is 2.07. The minimum absolute atomic E-state index is 0.0305. The summed E-state index contributed by atoms with van der Waals surface area (Å²) in [5, 5.41) is 3.04. The van der Waals surface area contributed by atoms with Crippen LogP contribution in [-0.4, -0.2) is 25.2 Å². The van der Waals surface area contributed by atoms with Crippen molar-refractivity contribution in [2.45, 2.75) is 32.9 Å². The van der Waals surface area contributed by atoms with Crippen molar-refractivity contribution in [3.63, 3.8) is 0 Å². The van der Waals surface area contributed by atoms with Crippen LogP contribution in [0.15, 0.2) is 24.3 Å². The molecular formula is C15H22N2O2. The molecule has 1 saturated heterocycles. The second-order valence-corrected chi connectivity index (χ2v) is 5.65. The van der Waals surface area contributed by atoms with Gasteiger partial charge in [0.25, 0.3) is 0 Å². The molecule has 1 heterocycles. The summed E-state index contributed by atoms with van der Waals surface area (Å²) < 4.78 is 5.31. The normalized spacial score (nSPS) is 28.1. The van der Waals surface area contributed by atoms with Gasteiger partial charge in [-0.2, -0.15) is 0 Å². The Hall–Kier alpha value is -1.39. The Bertz CT molecular complexity index is 475.